The van der Waals surface area contributed by atoms with Crippen LogP contribution in [0.2, 0.25) is 0 Å². The summed E-state index contributed by atoms with van der Waals surface area (Å²) in [4.78, 5) is 0. The van der Waals surface area contributed by atoms with E-state index >= 15 is 0 Å². The van der Waals surface area contributed by atoms with Crippen LogP contribution in [0.5, 0.6) is 0 Å². The molecule has 0 aliphatic carbocycles. The largest absolute Gasteiger partial charge is 0.135 e. The van der Waals surface area contributed by atoms with Crippen molar-refractivity contribution in [1.29, 1.82) is 0 Å². The van der Waals surface area contributed by atoms with Crippen LogP contribution in [0.3, 0.4) is 0 Å². The molecular weight excluding hydrogens is 400 g/mol. The van der Waals surface area contributed by atoms with Crippen molar-refractivity contribution in [1.82, 2.24) is 0 Å². The van der Waals surface area contributed by atoms with Crippen LogP contribution in [0.1, 0.15) is 22.3 Å². The first kappa shape index (κ1) is 18.1. The molecule has 0 amide bonds. The summed E-state index contributed by atoms with van der Waals surface area (Å²) in [5, 5.41) is 5.62. The molecule has 0 N–H and O–H groups in total. The topological polar surface area (TPSA) is 0 Å². The Morgan fingerprint density at radius 1 is 0.567 bits per heavy atom. The highest BCUT2D eigenvalue weighted by Crippen LogP contribution is 2.37. The van der Waals surface area contributed by atoms with Crippen LogP contribution < -0.4 is 0 Å². The predicted octanol–water partition coefficient (Wildman–Crippen LogP) is 8.82. The molecule has 146 valence electrons. The van der Waals surface area contributed by atoms with E-state index in [1.807, 2.05) is 22.7 Å². The molecule has 0 spiro atoms. The Kier molecular flexibility index (Phi) is 4.19. The molecule has 2 heteroatoms. The zero-order chi connectivity index (χ0) is 20.2. The molecule has 0 fully saturated rings. The molecule has 0 nitrogen and oxygen atoms in total. The SMILES string of the molecule is Cc1ccc2sc3ccc(CCc4ccc5sc6c(C)cccc6c5c4)cc3c2c1. The molecule has 0 aliphatic rings. The Bertz CT molecular complexity index is 1550. The fraction of sp³-hybridized carbons (Fsp3) is 0.143. The van der Waals surface area contributed by atoms with Gasteiger partial charge in [-0.25, -0.2) is 0 Å². The van der Waals surface area contributed by atoms with Gasteiger partial charge in [0.05, 0.1) is 0 Å². The maximum absolute atomic E-state index is 2.41. The van der Waals surface area contributed by atoms with E-state index in [9.17, 15) is 0 Å². The Balaban J connectivity index is 1.34. The second kappa shape index (κ2) is 6.94. The van der Waals surface area contributed by atoms with Crippen molar-refractivity contribution in [2.45, 2.75) is 26.7 Å². The average molecular weight is 423 g/mol. The van der Waals surface area contributed by atoms with Gasteiger partial charge in [0.25, 0.3) is 0 Å². The number of thiophene rings is 2. The van der Waals surface area contributed by atoms with E-state index in [2.05, 4.69) is 86.6 Å². The van der Waals surface area contributed by atoms with E-state index in [-0.39, 0.29) is 0 Å². The number of rotatable bonds is 3. The van der Waals surface area contributed by atoms with Crippen LogP contribution in [-0.2, 0) is 12.8 Å². The van der Waals surface area contributed by atoms with Gasteiger partial charge in [0, 0.05) is 40.3 Å². The first-order chi connectivity index (χ1) is 14.7. The molecule has 6 rings (SSSR count). The lowest BCUT2D eigenvalue weighted by atomic mass is 10.0. The number of aryl methyl sites for hydroxylation is 4. The van der Waals surface area contributed by atoms with Gasteiger partial charge in [-0.1, -0.05) is 42.0 Å². The second-order valence-electron chi connectivity index (χ2n) is 8.32. The number of hydrogen-bond acceptors (Lipinski definition) is 2. The molecule has 0 bridgehead atoms. The van der Waals surface area contributed by atoms with Gasteiger partial charge < -0.3 is 0 Å². The van der Waals surface area contributed by atoms with Crippen molar-refractivity contribution in [3.05, 3.63) is 95.1 Å². The third-order valence-corrected chi connectivity index (χ3v) is 8.62. The molecule has 6 aromatic rings. The highest BCUT2D eigenvalue weighted by Gasteiger charge is 2.09. The van der Waals surface area contributed by atoms with Gasteiger partial charge >= 0.3 is 0 Å². The number of benzene rings is 4. The molecule has 0 radical (unpaired) electrons. The summed E-state index contributed by atoms with van der Waals surface area (Å²) in [5.74, 6) is 0. The summed E-state index contributed by atoms with van der Waals surface area (Å²) in [7, 11) is 0. The first-order valence-electron chi connectivity index (χ1n) is 10.5. The van der Waals surface area contributed by atoms with E-state index in [1.165, 1.54) is 62.6 Å². The standard InChI is InChI=1S/C28H22S2/c1-17-6-11-25-22(14-17)24-16-20(9-12-26(24)29-25)8-7-19-10-13-27-23(15-19)21-5-3-4-18(2)28(21)30-27/h3-6,9-16H,7-8H2,1-2H3. The molecule has 0 saturated heterocycles. The third-order valence-electron chi connectivity index (χ3n) is 6.15. The minimum absolute atomic E-state index is 1.08. The molecule has 2 aromatic heterocycles. The van der Waals surface area contributed by atoms with Crippen LogP contribution in [-0.4, -0.2) is 0 Å². The van der Waals surface area contributed by atoms with Gasteiger partial charge in [0.1, 0.15) is 0 Å². The Labute approximate surface area is 184 Å². The van der Waals surface area contributed by atoms with Crippen LogP contribution in [0.25, 0.3) is 40.3 Å². The Morgan fingerprint density at radius 3 is 1.90 bits per heavy atom. The smallest absolute Gasteiger partial charge is 0.0384 e. The van der Waals surface area contributed by atoms with Gasteiger partial charge in [-0.15, -0.1) is 22.7 Å². The summed E-state index contributed by atoms with van der Waals surface area (Å²) in [6.07, 6.45) is 2.15. The van der Waals surface area contributed by atoms with Gasteiger partial charge in [-0.3, -0.25) is 0 Å². The van der Waals surface area contributed by atoms with E-state index in [1.54, 1.807) is 0 Å². The first-order valence-corrected chi connectivity index (χ1v) is 12.1. The molecule has 0 atom stereocenters. The van der Waals surface area contributed by atoms with Crippen molar-refractivity contribution in [3.63, 3.8) is 0 Å². The highest BCUT2D eigenvalue weighted by atomic mass is 32.1. The molecule has 0 unspecified atom stereocenters. The quantitative estimate of drug-likeness (QED) is 0.267. The summed E-state index contributed by atoms with van der Waals surface area (Å²) in [6.45, 7) is 4.39. The fourth-order valence-electron chi connectivity index (χ4n) is 4.52. The maximum atomic E-state index is 2.41. The van der Waals surface area contributed by atoms with Crippen molar-refractivity contribution in [2.24, 2.45) is 0 Å². The van der Waals surface area contributed by atoms with Crippen LogP contribution in [0.4, 0.5) is 0 Å². The van der Waals surface area contributed by atoms with Gasteiger partial charge in [-0.05, 0) is 79.8 Å². The summed E-state index contributed by atoms with van der Waals surface area (Å²) in [6, 6.07) is 27.5. The Hall–Kier alpha value is -2.68. The molecule has 30 heavy (non-hydrogen) atoms. The molecular formula is C28H22S2. The van der Waals surface area contributed by atoms with Crippen molar-refractivity contribution in [2.75, 3.05) is 0 Å². The summed E-state index contributed by atoms with van der Waals surface area (Å²) >= 11 is 3.82. The minimum Gasteiger partial charge on any atom is -0.135 e. The van der Waals surface area contributed by atoms with E-state index in [0.29, 0.717) is 0 Å². The lowest BCUT2D eigenvalue weighted by Crippen LogP contribution is -1.91. The lowest BCUT2D eigenvalue weighted by Gasteiger charge is -2.04. The molecule has 4 aromatic carbocycles. The van der Waals surface area contributed by atoms with Crippen LogP contribution in [0, 0.1) is 13.8 Å². The summed E-state index contributed by atoms with van der Waals surface area (Å²) in [5.41, 5.74) is 5.56. The molecule has 0 saturated carbocycles. The molecule has 0 aliphatic heterocycles. The zero-order valence-electron chi connectivity index (χ0n) is 17.2. The maximum Gasteiger partial charge on any atom is 0.0384 e. The van der Waals surface area contributed by atoms with Gasteiger partial charge in [0.2, 0.25) is 0 Å². The summed E-state index contributed by atoms with van der Waals surface area (Å²) < 4.78 is 5.60. The lowest BCUT2D eigenvalue weighted by molar-refractivity contribution is 0.965. The molecule has 2 heterocycles. The number of fused-ring (bicyclic) bond motifs is 6. The second-order valence-corrected chi connectivity index (χ2v) is 10.5. The monoisotopic (exact) mass is 422 g/mol. The predicted molar refractivity (Wildman–Crippen MR) is 136 cm³/mol. The van der Waals surface area contributed by atoms with Gasteiger partial charge in [-0.2, -0.15) is 0 Å². The third kappa shape index (κ3) is 2.94. The Morgan fingerprint density at radius 2 is 1.17 bits per heavy atom. The number of hydrogen-bond donors (Lipinski definition) is 0. The zero-order valence-corrected chi connectivity index (χ0v) is 18.8. The fourth-order valence-corrected chi connectivity index (χ4v) is 6.74. The van der Waals surface area contributed by atoms with E-state index < -0.39 is 0 Å². The van der Waals surface area contributed by atoms with Crippen LogP contribution >= 0.6 is 22.7 Å². The van der Waals surface area contributed by atoms with E-state index in [0.717, 1.165) is 12.8 Å². The normalized spacial score (nSPS) is 11.9. The average Bonchev–Trinajstić information content (AvgIpc) is 3.31. The van der Waals surface area contributed by atoms with Crippen molar-refractivity contribution >= 4 is 63.0 Å². The van der Waals surface area contributed by atoms with E-state index in [4.69, 9.17) is 0 Å². The highest BCUT2D eigenvalue weighted by molar-refractivity contribution is 7.26. The van der Waals surface area contributed by atoms with Crippen LogP contribution in [0.15, 0.2) is 72.8 Å². The van der Waals surface area contributed by atoms with Crippen molar-refractivity contribution in [3.8, 4) is 0 Å². The minimum atomic E-state index is 1.08. The van der Waals surface area contributed by atoms with Crippen molar-refractivity contribution < 1.29 is 0 Å². The van der Waals surface area contributed by atoms with Gasteiger partial charge in [0.15, 0.2) is 0 Å².